The summed E-state index contributed by atoms with van der Waals surface area (Å²) < 4.78 is 99.0. The zero-order valence-corrected chi connectivity index (χ0v) is 41.7. The molecule has 0 amide bonds. The van der Waals surface area contributed by atoms with Gasteiger partial charge in [-0.25, -0.2) is 28.2 Å². The Bertz CT molecular complexity index is 3400. The van der Waals surface area contributed by atoms with Crippen LogP contribution in [0.4, 0.5) is 29.4 Å². The van der Waals surface area contributed by atoms with Gasteiger partial charge in [-0.15, -0.1) is 0 Å². The van der Waals surface area contributed by atoms with Crippen LogP contribution in [0.5, 0.6) is 0 Å². The van der Waals surface area contributed by atoms with Crippen LogP contribution in [0.1, 0.15) is 12.5 Å². The molecule has 5 aromatic rings. The highest BCUT2D eigenvalue weighted by Crippen LogP contribution is 2.68. The number of phosphoric acid groups is 4. The lowest BCUT2D eigenvalue weighted by Gasteiger charge is -2.29. The third-order valence-corrected chi connectivity index (χ3v) is 16.4. The van der Waals surface area contributed by atoms with Crippen LogP contribution in [-0.2, 0) is 59.2 Å². The first-order chi connectivity index (χ1) is 35.5. The van der Waals surface area contributed by atoms with Crippen LogP contribution in [-0.4, -0.2) is 182 Å². The van der Waals surface area contributed by atoms with Crippen molar-refractivity contribution in [2.45, 2.75) is 73.6 Å². The topological polar surface area (TPSA) is 600 Å². The number of aromatic nitrogens is 10. The summed E-state index contributed by atoms with van der Waals surface area (Å²) in [4.78, 5) is 106. The summed E-state index contributed by atoms with van der Waals surface area (Å²) in [7, 11) is -22.5. The van der Waals surface area contributed by atoms with Crippen molar-refractivity contribution in [1.82, 2.24) is 49.0 Å². The summed E-state index contributed by atoms with van der Waals surface area (Å²) in [6.07, 6.45) is -19.5. The van der Waals surface area contributed by atoms with E-state index < -0.39 is 147 Å². The number of hydrogen-bond donors (Lipinski definition) is 16. The van der Waals surface area contributed by atoms with Gasteiger partial charge in [0.05, 0.1) is 32.5 Å². The quantitative estimate of drug-likeness (QED) is 0.0306. The molecule has 0 bridgehead atoms. The van der Waals surface area contributed by atoms with Crippen LogP contribution in [0.3, 0.4) is 0 Å². The highest BCUT2D eigenvalue weighted by molar-refractivity contribution is 7.66. The Labute approximate surface area is 420 Å². The van der Waals surface area contributed by atoms with Crippen LogP contribution in [0.2, 0.25) is 0 Å². The number of H-pyrrole nitrogens is 3. The Kier molecular flexibility index (Phi) is 16.0. The molecule has 76 heavy (non-hydrogen) atoms. The Morgan fingerprint density at radius 3 is 1.63 bits per heavy atom. The van der Waals surface area contributed by atoms with Gasteiger partial charge in [0.15, 0.2) is 46.8 Å². The molecular formula is C32H45N15O25P4. The van der Waals surface area contributed by atoms with Crippen molar-refractivity contribution < 1.29 is 104 Å². The number of nitrogens with zero attached hydrogens (tertiary/aromatic N) is 8. The van der Waals surface area contributed by atoms with Crippen molar-refractivity contribution in [3.63, 3.8) is 0 Å². The smallest absolute Gasteiger partial charge is 0.387 e. The third kappa shape index (κ3) is 11.7. The molecule has 0 saturated carbocycles. The molecule has 418 valence electrons. The lowest BCUT2D eigenvalue weighted by Crippen LogP contribution is -2.42. The number of anilines is 5. The standard InChI is InChI=1S/C32H45N15O25P4/c1-3-45(21-12(36-2)24(53)42-30(33)39-21)27-17(50)15(48)10(67-27)5-65-74(58,59)71-76(62,63)72-75(60,61)66-6-11-20(19(52)29(69-11)47-8-38-14-23(47)41-32(35)44-26(14)55)70-73(56,57)64-4-9-16(49)18(51)28(68-9)46-7-37-13-22(46)40-31(34)43-25(13)54/h3,7-11,15-20,27-29,36,48-52H,1,4-6H2,2H3,(H,56,57)(H,58,59)(H,60,61)(H,62,63)(H3,33,39,42,53)(H3,34,40,43,54)(H3,35,41,44,55). The van der Waals surface area contributed by atoms with Gasteiger partial charge < -0.3 is 86.7 Å². The Hall–Kier alpha value is -5.48. The molecule has 19 N–H and O–H groups in total. The second-order valence-corrected chi connectivity index (χ2v) is 22.2. The zero-order valence-electron chi connectivity index (χ0n) is 38.1. The van der Waals surface area contributed by atoms with Crippen LogP contribution in [0, 0.1) is 0 Å². The Balaban J connectivity index is 0.928. The van der Waals surface area contributed by atoms with E-state index in [1.54, 1.807) is 0 Å². The van der Waals surface area contributed by atoms with Gasteiger partial charge in [0.25, 0.3) is 16.7 Å². The van der Waals surface area contributed by atoms with Crippen molar-refractivity contribution in [3.05, 3.63) is 56.5 Å². The fourth-order valence-electron chi connectivity index (χ4n) is 7.88. The van der Waals surface area contributed by atoms with Gasteiger partial charge in [-0.3, -0.25) is 56.6 Å². The van der Waals surface area contributed by atoms with E-state index in [2.05, 4.69) is 64.9 Å². The van der Waals surface area contributed by atoms with Crippen LogP contribution in [0.15, 0.2) is 39.8 Å². The summed E-state index contributed by atoms with van der Waals surface area (Å²) >= 11 is 0. The minimum atomic E-state index is -6.27. The van der Waals surface area contributed by atoms with Crippen LogP contribution in [0.25, 0.3) is 22.3 Å². The lowest BCUT2D eigenvalue weighted by atomic mass is 10.1. The number of aromatic amines is 3. The average molecular weight is 1160 g/mol. The molecule has 40 nitrogen and oxygen atoms in total. The van der Waals surface area contributed by atoms with Crippen molar-refractivity contribution in [2.75, 3.05) is 54.3 Å². The summed E-state index contributed by atoms with van der Waals surface area (Å²) in [5.74, 6) is -1.44. The molecule has 44 heteroatoms. The highest BCUT2D eigenvalue weighted by atomic mass is 31.3. The number of imidazole rings is 2. The fraction of sp³-hybridized carbons (Fsp3) is 0.500. The maximum absolute atomic E-state index is 13.5. The van der Waals surface area contributed by atoms with Gasteiger partial charge in [-0.1, -0.05) is 6.58 Å². The summed E-state index contributed by atoms with van der Waals surface area (Å²) in [6, 6.07) is 0. The predicted octanol–water partition coefficient (Wildman–Crippen LogP) is -5.03. The number of phosphoric ester groups is 3. The number of hydrogen-bond acceptors (Lipinski definition) is 31. The molecule has 8 rings (SSSR count). The highest BCUT2D eigenvalue weighted by Gasteiger charge is 2.53. The maximum Gasteiger partial charge on any atom is 0.490 e. The number of fused-ring (bicyclic) bond motifs is 2. The SMILES string of the molecule is C=CN(c1nc(N)[nH]c(=O)c1NC)C1OC(COP(=O)(O)OP(=O)(O)OP(=O)(O)OCC2OC(n3cnc4c(=O)[nH]c(N)nc43)C(O)C2OP(=O)(O)OCC2OC(n3cnc4c(=O)[nH]c(N)nc43)C(O)C2O)C(O)C1O. The zero-order chi connectivity index (χ0) is 55.6. The number of nitrogen functional groups attached to an aromatic ring is 3. The molecule has 5 aromatic heterocycles. The van der Waals surface area contributed by atoms with Crippen molar-refractivity contribution in [2.24, 2.45) is 0 Å². The second-order valence-electron chi connectivity index (χ2n) is 16.2. The second kappa shape index (κ2) is 21.4. The lowest BCUT2D eigenvalue weighted by molar-refractivity contribution is -0.0581. The van der Waals surface area contributed by atoms with E-state index in [0.717, 1.165) is 32.9 Å². The first-order valence-corrected chi connectivity index (χ1v) is 27.2. The third-order valence-electron chi connectivity index (χ3n) is 11.2. The molecule has 16 atom stereocenters. The number of nitrogens with two attached hydrogens (primary N) is 3. The first-order valence-electron chi connectivity index (χ1n) is 21.2. The van der Waals surface area contributed by atoms with E-state index in [1.807, 2.05) is 0 Å². The molecule has 0 aliphatic carbocycles. The van der Waals surface area contributed by atoms with E-state index in [0.29, 0.717) is 0 Å². The van der Waals surface area contributed by atoms with Gasteiger partial charge in [0.2, 0.25) is 17.8 Å². The minimum Gasteiger partial charge on any atom is -0.387 e. The van der Waals surface area contributed by atoms with Gasteiger partial charge in [-0.2, -0.15) is 23.6 Å². The monoisotopic (exact) mass is 1160 g/mol. The number of nitrogens with one attached hydrogen (secondary N) is 4. The molecular weight excluding hydrogens is 1120 g/mol. The fourth-order valence-corrected chi connectivity index (χ4v) is 12.4. The van der Waals surface area contributed by atoms with Gasteiger partial charge in [0.1, 0.15) is 60.6 Å². The van der Waals surface area contributed by atoms with Gasteiger partial charge >= 0.3 is 31.3 Å². The predicted molar refractivity (Wildman–Crippen MR) is 247 cm³/mol. The molecule has 0 spiro atoms. The van der Waals surface area contributed by atoms with Gasteiger partial charge in [0, 0.05) is 13.2 Å². The molecule has 16 unspecified atom stereocenters. The molecule has 3 aliphatic heterocycles. The first kappa shape index (κ1) is 56.7. The Morgan fingerprint density at radius 2 is 1.11 bits per heavy atom. The molecule has 3 aliphatic rings. The van der Waals surface area contributed by atoms with Crippen molar-refractivity contribution in [1.29, 1.82) is 0 Å². The van der Waals surface area contributed by atoms with E-state index >= 15 is 0 Å². The van der Waals surface area contributed by atoms with Crippen molar-refractivity contribution in [3.8, 4) is 0 Å². The van der Waals surface area contributed by atoms with E-state index in [1.165, 1.54) is 7.05 Å². The van der Waals surface area contributed by atoms with E-state index in [4.69, 9.17) is 45.0 Å². The van der Waals surface area contributed by atoms with Crippen molar-refractivity contribution >= 4 is 83.0 Å². The number of ether oxygens (including phenoxy) is 3. The van der Waals surface area contributed by atoms with Crippen LogP contribution < -0.4 is 44.1 Å². The Morgan fingerprint density at radius 1 is 0.658 bits per heavy atom. The molecule has 3 fully saturated rings. The normalized spacial score (nSPS) is 30.0. The summed E-state index contributed by atoms with van der Waals surface area (Å²) in [6.45, 7) is -0.143. The number of aliphatic hydroxyl groups excluding tert-OH is 5. The summed E-state index contributed by atoms with van der Waals surface area (Å²) in [5.41, 5.74) is 13.2. The number of aliphatic hydroxyl groups is 5. The maximum atomic E-state index is 13.5. The molecule has 8 heterocycles. The molecule has 0 aromatic carbocycles. The minimum absolute atomic E-state index is 0.184. The van der Waals surface area contributed by atoms with E-state index in [9.17, 15) is 77.8 Å². The van der Waals surface area contributed by atoms with Gasteiger partial charge in [-0.05, 0) is 0 Å². The average Bonchev–Trinajstić information content (AvgIpc) is 4.13. The van der Waals surface area contributed by atoms with E-state index in [-0.39, 0.29) is 45.7 Å². The van der Waals surface area contributed by atoms with Crippen LogP contribution >= 0.6 is 31.3 Å². The summed E-state index contributed by atoms with van der Waals surface area (Å²) in [5, 5.41) is 57.1. The molecule has 0 radical (unpaired) electrons. The largest absolute Gasteiger partial charge is 0.490 e. The number of rotatable bonds is 21. The molecule has 3 saturated heterocycles.